The molecular weight excluding hydrogens is 133 g/mol. The van der Waals surface area contributed by atoms with E-state index in [4.69, 9.17) is 12.3 Å². The molecule has 0 aromatic carbocycles. The summed E-state index contributed by atoms with van der Waals surface area (Å²) < 4.78 is 12.5. The normalized spacial score (nSPS) is 8.80. The van der Waals surface area contributed by atoms with E-state index in [2.05, 4.69) is 9.83 Å². The van der Waals surface area contributed by atoms with Crippen molar-refractivity contribution in [2.75, 3.05) is 5.73 Å². The minimum Gasteiger partial charge on any atom is -0.384 e. The molecule has 0 aliphatic rings. The van der Waals surface area contributed by atoms with Crippen LogP contribution in [0, 0.1) is 12.4 Å². The molecular formula is C6H4FN3. The van der Waals surface area contributed by atoms with E-state index >= 15 is 0 Å². The summed E-state index contributed by atoms with van der Waals surface area (Å²) in [6.45, 7) is 6.46. The van der Waals surface area contributed by atoms with Gasteiger partial charge in [-0.1, -0.05) is 0 Å². The van der Waals surface area contributed by atoms with Crippen molar-refractivity contribution in [3.8, 4) is 0 Å². The van der Waals surface area contributed by atoms with Crippen molar-refractivity contribution in [2.45, 2.75) is 0 Å². The first kappa shape index (κ1) is 6.49. The molecule has 1 aromatic rings. The average Bonchev–Trinajstić information content (AvgIpc) is 1.88. The highest BCUT2D eigenvalue weighted by atomic mass is 19.1. The van der Waals surface area contributed by atoms with Crippen LogP contribution in [-0.2, 0) is 0 Å². The number of rotatable bonds is 0. The lowest BCUT2D eigenvalue weighted by Gasteiger charge is -1.92. The number of nitrogens with zero attached hydrogens (tertiary/aromatic N) is 2. The van der Waals surface area contributed by atoms with E-state index in [1.165, 1.54) is 0 Å². The molecule has 50 valence electrons. The summed E-state index contributed by atoms with van der Waals surface area (Å²) in [5.41, 5.74) is 5.03. The van der Waals surface area contributed by atoms with Gasteiger partial charge in [-0.25, -0.2) is 9.24 Å². The van der Waals surface area contributed by atoms with Gasteiger partial charge in [-0.3, -0.25) is 4.98 Å². The van der Waals surface area contributed by atoms with Gasteiger partial charge in [-0.05, 0) is 0 Å². The van der Waals surface area contributed by atoms with E-state index < -0.39 is 5.82 Å². The first-order valence-electron chi connectivity index (χ1n) is 2.52. The molecule has 0 saturated heterocycles. The summed E-state index contributed by atoms with van der Waals surface area (Å²) in [4.78, 5) is 6.40. The highest BCUT2D eigenvalue weighted by Gasteiger charge is 2.00. The van der Waals surface area contributed by atoms with Crippen LogP contribution >= 0.6 is 0 Å². The van der Waals surface area contributed by atoms with Gasteiger partial charge >= 0.3 is 0 Å². The maximum atomic E-state index is 12.5. The fourth-order valence-electron chi connectivity index (χ4n) is 0.521. The molecule has 0 saturated carbocycles. The maximum absolute atomic E-state index is 12.5. The van der Waals surface area contributed by atoms with Gasteiger partial charge in [-0.15, -0.1) is 0 Å². The van der Waals surface area contributed by atoms with Crippen molar-refractivity contribution in [2.24, 2.45) is 0 Å². The number of hydrogen-bond donors (Lipinski definition) is 1. The molecule has 1 rings (SSSR count). The summed E-state index contributed by atoms with van der Waals surface area (Å²) in [7, 11) is 0. The van der Waals surface area contributed by atoms with E-state index in [-0.39, 0.29) is 11.5 Å². The Balaban J connectivity index is 3.23. The smallest absolute Gasteiger partial charge is 0.240 e. The number of halogens is 1. The molecule has 0 aliphatic carbocycles. The largest absolute Gasteiger partial charge is 0.384 e. The Morgan fingerprint density at radius 3 is 2.90 bits per heavy atom. The average molecular weight is 137 g/mol. The van der Waals surface area contributed by atoms with E-state index in [0.29, 0.717) is 0 Å². The van der Waals surface area contributed by atoms with Crippen LogP contribution in [0.5, 0.6) is 0 Å². The number of nitrogen functional groups attached to an aromatic ring is 1. The molecule has 0 aliphatic heterocycles. The lowest BCUT2D eigenvalue weighted by atomic mass is 10.4. The van der Waals surface area contributed by atoms with Crippen LogP contribution in [-0.4, -0.2) is 4.98 Å². The molecule has 4 heteroatoms. The lowest BCUT2D eigenvalue weighted by molar-refractivity contribution is 0.632. The van der Waals surface area contributed by atoms with Gasteiger partial charge in [0.2, 0.25) is 5.69 Å². The monoisotopic (exact) mass is 137 g/mol. The molecule has 0 unspecified atom stereocenters. The quantitative estimate of drug-likeness (QED) is 0.548. The highest BCUT2D eigenvalue weighted by Crippen LogP contribution is 2.16. The third-order valence-electron chi connectivity index (χ3n) is 0.976. The van der Waals surface area contributed by atoms with Crippen molar-refractivity contribution < 1.29 is 4.39 Å². The number of aromatic nitrogens is 1. The third-order valence-corrected chi connectivity index (χ3v) is 0.976. The molecule has 1 aromatic heterocycles. The molecule has 10 heavy (non-hydrogen) atoms. The summed E-state index contributed by atoms with van der Waals surface area (Å²) >= 11 is 0. The molecule has 0 bridgehead atoms. The highest BCUT2D eigenvalue weighted by molar-refractivity contribution is 5.47. The third kappa shape index (κ3) is 1.03. The van der Waals surface area contributed by atoms with Crippen LogP contribution in [0.3, 0.4) is 0 Å². The fourth-order valence-corrected chi connectivity index (χ4v) is 0.521. The fraction of sp³-hybridized carbons (Fsp3) is 0. The molecule has 3 nitrogen and oxygen atoms in total. The van der Waals surface area contributed by atoms with Crippen LogP contribution in [0.4, 0.5) is 15.9 Å². The van der Waals surface area contributed by atoms with Crippen LogP contribution < -0.4 is 5.73 Å². The Bertz CT molecular complexity index is 290. The zero-order valence-corrected chi connectivity index (χ0v) is 5.00. The van der Waals surface area contributed by atoms with E-state index in [1.54, 1.807) is 0 Å². The number of anilines is 1. The minimum absolute atomic E-state index is 0.0879. The van der Waals surface area contributed by atoms with Gasteiger partial charge in [0, 0.05) is 12.3 Å². The molecule has 0 fully saturated rings. The summed E-state index contributed by atoms with van der Waals surface area (Å²) in [5, 5.41) is 0. The Morgan fingerprint density at radius 1 is 1.70 bits per heavy atom. The Labute approximate surface area is 57.1 Å². The zero-order valence-electron chi connectivity index (χ0n) is 5.00. The Morgan fingerprint density at radius 2 is 2.40 bits per heavy atom. The topological polar surface area (TPSA) is 43.3 Å². The molecule has 0 atom stereocenters. The lowest BCUT2D eigenvalue weighted by Crippen LogP contribution is -1.89. The Hall–Kier alpha value is -1.63. The molecule has 0 spiro atoms. The number of nitrogens with two attached hydrogens (primary N) is 1. The summed E-state index contributed by atoms with van der Waals surface area (Å²) in [6, 6.07) is 1.02. The van der Waals surface area contributed by atoms with Crippen LogP contribution in [0.15, 0.2) is 12.3 Å². The first-order chi connectivity index (χ1) is 4.74. The van der Waals surface area contributed by atoms with Crippen molar-refractivity contribution >= 4 is 11.5 Å². The van der Waals surface area contributed by atoms with Crippen molar-refractivity contribution in [3.05, 3.63) is 29.5 Å². The van der Waals surface area contributed by atoms with E-state index in [0.717, 1.165) is 12.3 Å². The predicted molar refractivity (Wildman–Crippen MR) is 34.9 cm³/mol. The summed E-state index contributed by atoms with van der Waals surface area (Å²) in [5.74, 6) is -0.535. The van der Waals surface area contributed by atoms with Gasteiger partial charge in [0.1, 0.15) is 11.6 Å². The van der Waals surface area contributed by atoms with Gasteiger partial charge in [0.15, 0.2) is 0 Å². The second-order valence-electron chi connectivity index (χ2n) is 1.67. The second kappa shape index (κ2) is 2.31. The predicted octanol–water partition coefficient (Wildman–Crippen LogP) is 1.35. The van der Waals surface area contributed by atoms with Crippen LogP contribution in [0.2, 0.25) is 0 Å². The van der Waals surface area contributed by atoms with Crippen molar-refractivity contribution in [1.82, 2.24) is 4.98 Å². The number of hydrogen-bond acceptors (Lipinski definition) is 2. The van der Waals surface area contributed by atoms with Gasteiger partial charge in [0.25, 0.3) is 0 Å². The van der Waals surface area contributed by atoms with Gasteiger partial charge in [-0.2, -0.15) is 0 Å². The van der Waals surface area contributed by atoms with Gasteiger partial charge in [0.05, 0.1) is 6.57 Å². The Kier molecular flexibility index (Phi) is 1.50. The maximum Gasteiger partial charge on any atom is 0.240 e. The molecule has 2 N–H and O–H groups in total. The zero-order chi connectivity index (χ0) is 7.56. The molecule has 0 radical (unpaired) electrons. The standard InChI is InChI=1S/C6H4FN3/c1-9-5-3-10-6(8)2-4(5)7/h2-3H,(H2,8,10). The van der Waals surface area contributed by atoms with Gasteiger partial charge < -0.3 is 5.73 Å². The SMILES string of the molecule is [C-]#[N+]c1cnc(N)cc1F. The minimum atomic E-state index is -0.623. The van der Waals surface area contributed by atoms with Crippen LogP contribution in [0.25, 0.3) is 4.85 Å². The van der Waals surface area contributed by atoms with E-state index in [9.17, 15) is 4.39 Å². The first-order valence-corrected chi connectivity index (χ1v) is 2.52. The molecule has 0 amide bonds. The summed E-state index contributed by atoms with van der Waals surface area (Å²) in [6.07, 6.45) is 1.11. The number of pyridine rings is 1. The van der Waals surface area contributed by atoms with Crippen LogP contribution in [0.1, 0.15) is 0 Å². The van der Waals surface area contributed by atoms with E-state index in [1.807, 2.05) is 0 Å². The second-order valence-corrected chi connectivity index (χ2v) is 1.67. The van der Waals surface area contributed by atoms with Crippen molar-refractivity contribution in [3.63, 3.8) is 0 Å². The molecule has 1 heterocycles. The van der Waals surface area contributed by atoms with Crippen molar-refractivity contribution in [1.29, 1.82) is 0 Å².